The Balaban J connectivity index is 1.55. The van der Waals surface area contributed by atoms with Crippen LogP contribution in [0.5, 0.6) is 5.75 Å². The molecular weight excluding hydrogens is 602 g/mol. The Morgan fingerprint density at radius 3 is 1.73 bits per heavy atom. The Kier molecular flexibility index (Phi) is 9.39. The number of benzene rings is 4. The van der Waals surface area contributed by atoms with E-state index in [0.717, 1.165) is 24.3 Å². The number of rotatable bonds is 6. The van der Waals surface area contributed by atoms with E-state index in [1.807, 2.05) is 0 Å². The molecule has 44 heavy (non-hydrogen) atoms. The minimum Gasteiger partial charge on any atom is -0.429 e. The average Bonchev–Trinajstić information content (AvgIpc) is 2.93. The van der Waals surface area contributed by atoms with Crippen molar-refractivity contribution in [1.82, 2.24) is 0 Å². The zero-order chi connectivity index (χ0) is 32.2. The minimum absolute atomic E-state index is 0.312. The Morgan fingerprint density at radius 1 is 0.636 bits per heavy atom. The van der Waals surface area contributed by atoms with Crippen molar-refractivity contribution in [2.75, 3.05) is 0 Å². The fraction of sp³-hybridized carbons (Fsp3) is 0.0909. The molecule has 0 aromatic heterocycles. The summed E-state index contributed by atoms with van der Waals surface area (Å²) in [6, 6.07) is 6.04. The van der Waals surface area contributed by atoms with E-state index < -0.39 is 80.6 Å². The van der Waals surface area contributed by atoms with Gasteiger partial charge < -0.3 is 4.74 Å². The van der Waals surface area contributed by atoms with Crippen molar-refractivity contribution < 1.29 is 48.6 Å². The highest BCUT2D eigenvalue weighted by atomic mass is 19.3. The number of hydrogen-bond acceptors (Lipinski definition) is 1. The van der Waals surface area contributed by atoms with Gasteiger partial charge in [0.1, 0.15) is 40.4 Å². The summed E-state index contributed by atoms with van der Waals surface area (Å²) in [5, 5.41) is 0. The molecule has 0 unspecified atom stereocenters. The van der Waals surface area contributed by atoms with Crippen LogP contribution < -0.4 is 4.74 Å². The SMILES string of the molecule is C=CCCc1cc(F)c(C#Cc2cc(F)c(C(F)(F)Oc3ccc(C#Cc4cc(F)c(F)c(F)c4)c(F)c3)c(F)c2)c(F)c1. The van der Waals surface area contributed by atoms with Crippen LogP contribution in [0.3, 0.4) is 0 Å². The van der Waals surface area contributed by atoms with E-state index >= 15 is 0 Å². The van der Waals surface area contributed by atoms with Gasteiger partial charge in [-0.15, -0.1) is 6.58 Å². The third kappa shape index (κ3) is 7.24. The van der Waals surface area contributed by atoms with Crippen molar-refractivity contribution in [2.24, 2.45) is 0 Å². The lowest BCUT2D eigenvalue weighted by molar-refractivity contribution is -0.189. The van der Waals surface area contributed by atoms with Gasteiger partial charge in [-0.25, -0.2) is 35.1 Å². The molecule has 1 nitrogen and oxygen atoms in total. The lowest BCUT2D eigenvalue weighted by Crippen LogP contribution is -2.25. The van der Waals surface area contributed by atoms with E-state index in [1.54, 1.807) is 6.08 Å². The third-order valence-corrected chi connectivity index (χ3v) is 5.92. The monoisotopic (exact) mass is 618 g/mol. The van der Waals surface area contributed by atoms with E-state index in [2.05, 4.69) is 35.0 Å². The maximum absolute atomic E-state index is 14.8. The van der Waals surface area contributed by atoms with Gasteiger partial charge in [0.2, 0.25) is 0 Å². The van der Waals surface area contributed by atoms with Gasteiger partial charge in [0.25, 0.3) is 0 Å². The third-order valence-electron chi connectivity index (χ3n) is 5.92. The quantitative estimate of drug-likeness (QED) is 0.0909. The standard InChI is InChI=1S/C33H16F10O/c1-2-3-4-18-11-25(35)23(26(36)12-18)10-6-20-13-27(37)31(28(38)14-20)33(42,43)44-22-9-8-21(24(34)17-22)7-5-19-15-29(39)32(41)30(40)16-19/h2,8-9,11-17H,1,3-4H2. The van der Waals surface area contributed by atoms with Crippen LogP contribution >= 0.6 is 0 Å². The second kappa shape index (κ2) is 13.0. The van der Waals surface area contributed by atoms with Crippen molar-refractivity contribution in [3.63, 3.8) is 0 Å². The molecule has 0 bridgehead atoms. The topological polar surface area (TPSA) is 9.23 Å². The van der Waals surface area contributed by atoms with E-state index in [-0.39, 0.29) is 5.56 Å². The summed E-state index contributed by atoms with van der Waals surface area (Å²) in [7, 11) is 0. The molecule has 4 aromatic rings. The smallest absolute Gasteiger partial charge is 0.429 e. The van der Waals surface area contributed by atoms with Gasteiger partial charge in [-0.2, -0.15) is 8.78 Å². The van der Waals surface area contributed by atoms with E-state index in [1.165, 1.54) is 0 Å². The van der Waals surface area contributed by atoms with E-state index in [0.29, 0.717) is 48.7 Å². The van der Waals surface area contributed by atoms with Crippen LogP contribution in [0, 0.1) is 70.2 Å². The van der Waals surface area contributed by atoms with Crippen molar-refractivity contribution in [2.45, 2.75) is 19.0 Å². The first-order valence-electron chi connectivity index (χ1n) is 12.4. The highest BCUT2D eigenvalue weighted by Crippen LogP contribution is 2.36. The molecule has 0 aliphatic carbocycles. The summed E-state index contributed by atoms with van der Waals surface area (Å²) < 4.78 is 146. The molecule has 11 heteroatoms. The summed E-state index contributed by atoms with van der Waals surface area (Å²) in [4.78, 5) is 0. The van der Waals surface area contributed by atoms with Gasteiger partial charge in [0.05, 0.1) is 11.1 Å². The number of ether oxygens (including phenoxy) is 1. The van der Waals surface area contributed by atoms with E-state index in [9.17, 15) is 43.9 Å². The van der Waals surface area contributed by atoms with Crippen molar-refractivity contribution in [1.29, 1.82) is 0 Å². The van der Waals surface area contributed by atoms with Crippen LogP contribution in [0.1, 0.15) is 39.8 Å². The predicted molar refractivity (Wildman–Crippen MR) is 140 cm³/mol. The van der Waals surface area contributed by atoms with Crippen LogP contribution in [-0.2, 0) is 12.5 Å². The summed E-state index contributed by atoms with van der Waals surface area (Å²) >= 11 is 0. The molecule has 0 spiro atoms. The fourth-order valence-electron chi connectivity index (χ4n) is 3.84. The zero-order valence-electron chi connectivity index (χ0n) is 22.1. The molecule has 4 aromatic carbocycles. The Bertz CT molecular complexity index is 1820. The summed E-state index contributed by atoms with van der Waals surface area (Å²) in [6.45, 7) is 3.51. The van der Waals surface area contributed by atoms with E-state index in [4.69, 9.17) is 0 Å². The van der Waals surface area contributed by atoms with Gasteiger partial charge in [-0.3, -0.25) is 0 Å². The number of halogens is 10. The number of hydrogen-bond donors (Lipinski definition) is 0. The molecule has 0 saturated heterocycles. The normalized spacial score (nSPS) is 10.9. The Morgan fingerprint density at radius 2 is 1.18 bits per heavy atom. The molecule has 0 heterocycles. The molecule has 0 fully saturated rings. The van der Waals surface area contributed by atoms with Crippen LogP contribution in [0.4, 0.5) is 43.9 Å². The first-order valence-corrected chi connectivity index (χ1v) is 12.4. The highest BCUT2D eigenvalue weighted by molar-refractivity contribution is 5.48. The van der Waals surface area contributed by atoms with Crippen molar-refractivity contribution in [3.8, 4) is 29.4 Å². The number of alkyl halides is 2. The van der Waals surface area contributed by atoms with Gasteiger partial charge in [0.15, 0.2) is 17.5 Å². The van der Waals surface area contributed by atoms with Gasteiger partial charge in [0, 0.05) is 17.2 Å². The lowest BCUT2D eigenvalue weighted by Gasteiger charge is -2.19. The van der Waals surface area contributed by atoms with Crippen LogP contribution in [0.2, 0.25) is 0 Å². The molecule has 0 aliphatic heterocycles. The molecule has 0 amide bonds. The highest BCUT2D eigenvalue weighted by Gasteiger charge is 2.41. The van der Waals surface area contributed by atoms with Gasteiger partial charge >= 0.3 is 6.11 Å². The fourth-order valence-corrected chi connectivity index (χ4v) is 3.84. The molecule has 0 aliphatic rings. The largest absolute Gasteiger partial charge is 0.432 e. The maximum Gasteiger partial charge on any atom is 0.432 e. The zero-order valence-corrected chi connectivity index (χ0v) is 22.1. The number of aryl methyl sites for hydroxylation is 1. The molecule has 224 valence electrons. The van der Waals surface area contributed by atoms with Crippen LogP contribution in [0.15, 0.2) is 67.3 Å². The molecule has 0 saturated carbocycles. The average molecular weight is 618 g/mol. The van der Waals surface area contributed by atoms with Crippen LogP contribution in [0.25, 0.3) is 0 Å². The van der Waals surface area contributed by atoms with Gasteiger partial charge in [-0.1, -0.05) is 29.8 Å². The van der Waals surface area contributed by atoms with Crippen LogP contribution in [-0.4, -0.2) is 0 Å². The molecule has 0 atom stereocenters. The Hall–Kier alpha value is -5.16. The predicted octanol–water partition coefficient (Wildman–Crippen LogP) is 8.85. The summed E-state index contributed by atoms with van der Waals surface area (Å²) in [5.74, 6) is -4.03. The Labute approximate surface area is 244 Å². The van der Waals surface area contributed by atoms with Gasteiger partial charge in [-0.05, 0) is 66.9 Å². The molecule has 0 N–H and O–H groups in total. The second-order valence-corrected chi connectivity index (χ2v) is 9.09. The van der Waals surface area contributed by atoms with Crippen molar-refractivity contribution in [3.05, 3.63) is 147 Å². The second-order valence-electron chi connectivity index (χ2n) is 9.09. The van der Waals surface area contributed by atoms with Crippen molar-refractivity contribution >= 4 is 0 Å². The molecular formula is C33H16F10O. The summed E-state index contributed by atoms with van der Waals surface area (Å²) in [5.41, 5.74) is -3.53. The first-order chi connectivity index (χ1) is 20.8. The maximum atomic E-state index is 14.8. The summed E-state index contributed by atoms with van der Waals surface area (Å²) in [6.07, 6.45) is -2.35. The molecule has 0 radical (unpaired) electrons. The number of allylic oxidation sites excluding steroid dienone is 1. The molecule has 4 rings (SSSR count). The minimum atomic E-state index is -4.68. The lowest BCUT2D eigenvalue weighted by atomic mass is 10.0. The first kappa shape index (κ1) is 31.8.